The Morgan fingerprint density at radius 3 is 2.31 bits per heavy atom. The van der Waals surface area contributed by atoms with Crippen molar-refractivity contribution < 1.29 is 9.47 Å². The molecule has 0 atom stereocenters. The fourth-order valence-corrected chi connectivity index (χ4v) is 2.89. The third-order valence-electron chi connectivity index (χ3n) is 4.23. The lowest BCUT2D eigenvalue weighted by molar-refractivity contribution is 0.355. The molecule has 0 fully saturated rings. The number of fused-ring (bicyclic) bond motifs is 1. The number of hydrogen-bond acceptors (Lipinski definition) is 6. The van der Waals surface area contributed by atoms with Crippen LogP contribution in [0, 0.1) is 0 Å². The first-order valence-electron chi connectivity index (χ1n) is 7.97. The molecular weight excluding hydrogens is 330 g/mol. The lowest BCUT2D eigenvalue weighted by Crippen LogP contribution is -1.93. The number of nitrogens with zero attached hydrogens (tertiary/aromatic N) is 3. The Morgan fingerprint density at radius 1 is 0.846 bits per heavy atom. The van der Waals surface area contributed by atoms with Crippen LogP contribution in [0.4, 0.5) is 5.95 Å². The summed E-state index contributed by atoms with van der Waals surface area (Å²) in [5.74, 6) is 1.61. The van der Waals surface area contributed by atoms with Crippen molar-refractivity contribution in [1.29, 1.82) is 0 Å². The van der Waals surface area contributed by atoms with E-state index in [1.54, 1.807) is 26.6 Å². The van der Waals surface area contributed by atoms with Crippen LogP contribution in [-0.4, -0.2) is 34.2 Å². The molecule has 0 bridgehead atoms. The zero-order chi connectivity index (χ0) is 18.1. The van der Waals surface area contributed by atoms with Gasteiger partial charge >= 0.3 is 0 Å². The molecule has 0 unspecified atom stereocenters. The monoisotopic (exact) mass is 347 g/mol. The van der Waals surface area contributed by atoms with Crippen molar-refractivity contribution in [2.24, 2.45) is 0 Å². The molecule has 0 aliphatic rings. The highest BCUT2D eigenvalue weighted by Gasteiger charge is 2.11. The molecule has 26 heavy (non-hydrogen) atoms. The molecule has 0 amide bonds. The maximum absolute atomic E-state index is 5.58. The van der Waals surface area contributed by atoms with Crippen molar-refractivity contribution in [2.75, 3.05) is 20.0 Å². The first kappa shape index (κ1) is 15.9. The quantitative estimate of drug-likeness (QED) is 0.588. The molecule has 0 saturated heterocycles. The standard InChI is InChI=1S/C19H17N5O2/c1-25-16-4-3-11(6-17(16)26-2)12-5-14-15(10-22-18(14)21-7-12)13-8-23-19(20)24-9-13/h3-10H,1-2H3,(H,21,22)(H2,20,23,24). The highest BCUT2D eigenvalue weighted by molar-refractivity contribution is 5.95. The molecule has 0 saturated carbocycles. The Hall–Kier alpha value is -3.61. The Morgan fingerprint density at radius 2 is 1.58 bits per heavy atom. The molecule has 3 heterocycles. The highest BCUT2D eigenvalue weighted by Crippen LogP contribution is 2.34. The largest absolute Gasteiger partial charge is 0.493 e. The van der Waals surface area contributed by atoms with Crippen LogP contribution in [0.25, 0.3) is 33.3 Å². The van der Waals surface area contributed by atoms with Crippen LogP contribution in [0.2, 0.25) is 0 Å². The number of nitrogens with one attached hydrogen (secondary N) is 1. The number of ether oxygens (including phenoxy) is 2. The molecule has 130 valence electrons. The number of aromatic nitrogens is 4. The average Bonchev–Trinajstić information content (AvgIpc) is 3.11. The van der Waals surface area contributed by atoms with Crippen molar-refractivity contribution in [2.45, 2.75) is 0 Å². The van der Waals surface area contributed by atoms with Crippen LogP contribution in [0.5, 0.6) is 11.5 Å². The van der Waals surface area contributed by atoms with Crippen molar-refractivity contribution in [1.82, 2.24) is 19.9 Å². The number of anilines is 1. The summed E-state index contributed by atoms with van der Waals surface area (Å²) in [5, 5.41) is 0.977. The van der Waals surface area contributed by atoms with Crippen molar-refractivity contribution in [3.8, 4) is 33.8 Å². The average molecular weight is 347 g/mol. The number of rotatable bonds is 4. The number of nitrogens with two attached hydrogens (primary N) is 1. The molecule has 7 heteroatoms. The highest BCUT2D eigenvalue weighted by atomic mass is 16.5. The van der Waals surface area contributed by atoms with E-state index in [1.165, 1.54) is 0 Å². The van der Waals surface area contributed by atoms with Crippen LogP contribution < -0.4 is 15.2 Å². The second kappa shape index (κ2) is 6.36. The van der Waals surface area contributed by atoms with Gasteiger partial charge in [0.05, 0.1) is 14.2 Å². The molecule has 0 aliphatic carbocycles. The molecule has 1 aromatic carbocycles. The minimum Gasteiger partial charge on any atom is -0.493 e. The van der Waals surface area contributed by atoms with Gasteiger partial charge in [-0.2, -0.15) is 0 Å². The fraction of sp³-hybridized carbons (Fsp3) is 0.105. The van der Waals surface area contributed by atoms with Crippen molar-refractivity contribution in [3.63, 3.8) is 0 Å². The van der Waals surface area contributed by atoms with E-state index in [0.717, 1.165) is 33.3 Å². The van der Waals surface area contributed by atoms with E-state index >= 15 is 0 Å². The van der Waals surface area contributed by atoms with Gasteiger partial charge in [0.1, 0.15) is 5.65 Å². The summed E-state index contributed by atoms with van der Waals surface area (Å²) >= 11 is 0. The second-order valence-electron chi connectivity index (χ2n) is 5.72. The summed E-state index contributed by atoms with van der Waals surface area (Å²) in [5.41, 5.74) is 10.2. The number of methoxy groups -OCH3 is 2. The summed E-state index contributed by atoms with van der Waals surface area (Å²) < 4.78 is 10.7. The second-order valence-corrected chi connectivity index (χ2v) is 5.72. The van der Waals surface area contributed by atoms with E-state index in [-0.39, 0.29) is 5.95 Å². The Labute approximate surface area is 149 Å². The van der Waals surface area contributed by atoms with Crippen LogP contribution in [0.3, 0.4) is 0 Å². The molecule has 0 radical (unpaired) electrons. The van der Waals surface area contributed by atoms with E-state index in [9.17, 15) is 0 Å². The van der Waals surface area contributed by atoms with Crippen LogP contribution in [-0.2, 0) is 0 Å². The van der Waals surface area contributed by atoms with Gasteiger partial charge in [0.2, 0.25) is 5.95 Å². The minimum absolute atomic E-state index is 0.248. The molecular formula is C19H17N5O2. The Balaban J connectivity index is 1.83. The number of H-pyrrole nitrogens is 1. The Bertz CT molecular complexity index is 1070. The Kier molecular flexibility index (Phi) is 3.89. The fourth-order valence-electron chi connectivity index (χ4n) is 2.89. The van der Waals surface area contributed by atoms with Gasteiger partial charge in [0.25, 0.3) is 0 Å². The van der Waals surface area contributed by atoms with Crippen LogP contribution in [0.15, 0.2) is 49.1 Å². The molecule has 0 aliphatic heterocycles. The first-order valence-corrected chi connectivity index (χ1v) is 7.97. The number of hydrogen-bond donors (Lipinski definition) is 2. The SMILES string of the molecule is COc1ccc(-c2cnc3[nH]cc(-c4cnc(N)nc4)c3c2)cc1OC. The van der Waals surface area contributed by atoms with E-state index < -0.39 is 0 Å². The zero-order valence-electron chi connectivity index (χ0n) is 14.4. The molecule has 4 rings (SSSR count). The van der Waals surface area contributed by atoms with Crippen LogP contribution >= 0.6 is 0 Å². The predicted molar refractivity (Wildman–Crippen MR) is 100 cm³/mol. The summed E-state index contributed by atoms with van der Waals surface area (Å²) in [6.45, 7) is 0. The summed E-state index contributed by atoms with van der Waals surface area (Å²) in [6.07, 6.45) is 7.12. The smallest absolute Gasteiger partial charge is 0.219 e. The molecule has 3 aromatic heterocycles. The summed E-state index contributed by atoms with van der Waals surface area (Å²) in [7, 11) is 3.24. The molecule has 4 aromatic rings. The van der Waals surface area contributed by atoms with Crippen molar-refractivity contribution in [3.05, 3.63) is 49.1 Å². The number of pyridine rings is 1. The minimum atomic E-state index is 0.248. The normalized spacial score (nSPS) is 10.8. The topological polar surface area (TPSA) is 98.9 Å². The van der Waals surface area contributed by atoms with Gasteiger partial charge in [-0.15, -0.1) is 0 Å². The van der Waals surface area contributed by atoms with Crippen LogP contribution in [0.1, 0.15) is 0 Å². The number of aromatic amines is 1. The molecule has 7 nitrogen and oxygen atoms in total. The lowest BCUT2D eigenvalue weighted by Gasteiger charge is -2.10. The van der Waals surface area contributed by atoms with Gasteiger partial charge < -0.3 is 20.2 Å². The molecule has 3 N–H and O–H groups in total. The van der Waals surface area contributed by atoms with Crippen molar-refractivity contribution >= 4 is 17.0 Å². The lowest BCUT2D eigenvalue weighted by atomic mass is 10.0. The van der Waals surface area contributed by atoms with Gasteiger partial charge in [0, 0.05) is 46.9 Å². The van der Waals surface area contributed by atoms with Gasteiger partial charge in [-0.05, 0) is 23.8 Å². The summed E-state index contributed by atoms with van der Waals surface area (Å²) in [4.78, 5) is 15.8. The molecule has 0 spiro atoms. The van der Waals surface area contributed by atoms with E-state index in [0.29, 0.717) is 11.5 Å². The van der Waals surface area contributed by atoms with E-state index in [4.69, 9.17) is 15.2 Å². The van der Waals surface area contributed by atoms with E-state index in [1.807, 2.05) is 30.6 Å². The number of nitrogen functional groups attached to an aromatic ring is 1. The van der Waals surface area contributed by atoms with Gasteiger partial charge in [0.15, 0.2) is 11.5 Å². The van der Waals surface area contributed by atoms with Gasteiger partial charge in [-0.1, -0.05) is 6.07 Å². The first-order chi connectivity index (χ1) is 12.7. The summed E-state index contributed by atoms with van der Waals surface area (Å²) in [6, 6.07) is 7.86. The predicted octanol–water partition coefficient (Wildman–Crippen LogP) is 3.29. The maximum Gasteiger partial charge on any atom is 0.219 e. The third-order valence-corrected chi connectivity index (χ3v) is 4.23. The van der Waals surface area contributed by atoms with Gasteiger partial charge in [-0.3, -0.25) is 0 Å². The van der Waals surface area contributed by atoms with Gasteiger partial charge in [-0.25, -0.2) is 15.0 Å². The third kappa shape index (κ3) is 2.69. The maximum atomic E-state index is 5.58. The van der Waals surface area contributed by atoms with E-state index in [2.05, 4.69) is 26.0 Å². The zero-order valence-corrected chi connectivity index (χ0v) is 14.4. The number of benzene rings is 1.